The Bertz CT molecular complexity index is 853. The first-order valence-electron chi connectivity index (χ1n) is 8.58. The number of anilines is 1. The standard InChI is InChI=1S/C18H20FN5O3/c1-11-4-3-7-20-14(11)22-16(25)12-5-8-24(9-6-12)18(26)15-21-10-13(19)17(23-15)27-2/h3-4,7,10,12H,5-6,8-9H2,1-2H3,(H,20,22,25). The summed E-state index contributed by atoms with van der Waals surface area (Å²) in [6.45, 7) is 2.66. The van der Waals surface area contributed by atoms with Crippen LogP contribution in [-0.4, -0.2) is 51.9 Å². The predicted octanol–water partition coefficient (Wildman–Crippen LogP) is 1.82. The Morgan fingerprint density at radius 1 is 1.30 bits per heavy atom. The summed E-state index contributed by atoms with van der Waals surface area (Å²) in [4.78, 5) is 38.2. The van der Waals surface area contributed by atoms with Crippen LogP contribution in [0.4, 0.5) is 10.2 Å². The highest BCUT2D eigenvalue weighted by molar-refractivity contribution is 5.93. The van der Waals surface area contributed by atoms with E-state index >= 15 is 0 Å². The van der Waals surface area contributed by atoms with Crippen molar-refractivity contribution in [1.29, 1.82) is 0 Å². The maximum atomic E-state index is 13.4. The molecule has 142 valence electrons. The topological polar surface area (TPSA) is 97.3 Å². The van der Waals surface area contributed by atoms with E-state index in [-0.39, 0.29) is 23.5 Å². The van der Waals surface area contributed by atoms with Crippen LogP contribution in [0.15, 0.2) is 24.5 Å². The third-order valence-corrected chi connectivity index (χ3v) is 4.50. The Morgan fingerprint density at radius 3 is 2.70 bits per heavy atom. The van der Waals surface area contributed by atoms with Crippen LogP contribution in [0.5, 0.6) is 5.88 Å². The van der Waals surface area contributed by atoms with Crippen LogP contribution in [0.1, 0.15) is 29.0 Å². The van der Waals surface area contributed by atoms with Crippen LogP contribution in [0.2, 0.25) is 0 Å². The Morgan fingerprint density at radius 2 is 2.04 bits per heavy atom. The Balaban J connectivity index is 1.59. The van der Waals surface area contributed by atoms with Crippen molar-refractivity contribution in [2.75, 3.05) is 25.5 Å². The summed E-state index contributed by atoms with van der Waals surface area (Å²) in [6.07, 6.45) is 3.57. The molecule has 1 N–H and O–H groups in total. The van der Waals surface area contributed by atoms with E-state index in [0.717, 1.165) is 11.8 Å². The zero-order valence-corrected chi connectivity index (χ0v) is 15.1. The number of pyridine rings is 1. The zero-order chi connectivity index (χ0) is 19.4. The van der Waals surface area contributed by atoms with Gasteiger partial charge < -0.3 is 15.0 Å². The molecule has 2 aromatic heterocycles. The lowest BCUT2D eigenvalue weighted by atomic mass is 9.95. The van der Waals surface area contributed by atoms with Crippen LogP contribution in [0.25, 0.3) is 0 Å². The summed E-state index contributed by atoms with van der Waals surface area (Å²) in [6, 6.07) is 3.68. The van der Waals surface area contributed by atoms with Crippen molar-refractivity contribution in [2.24, 2.45) is 5.92 Å². The minimum atomic E-state index is -0.728. The number of halogens is 1. The molecule has 0 atom stereocenters. The molecule has 0 aromatic carbocycles. The molecular weight excluding hydrogens is 353 g/mol. The van der Waals surface area contributed by atoms with Gasteiger partial charge in [-0.25, -0.2) is 9.97 Å². The number of ether oxygens (including phenoxy) is 1. The van der Waals surface area contributed by atoms with Gasteiger partial charge in [-0.05, 0) is 31.4 Å². The third kappa shape index (κ3) is 4.18. The first-order valence-corrected chi connectivity index (χ1v) is 8.58. The molecule has 0 bridgehead atoms. The SMILES string of the molecule is COc1nc(C(=O)N2CCC(C(=O)Nc3ncccc3C)CC2)ncc1F. The summed E-state index contributed by atoms with van der Waals surface area (Å²) >= 11 is 0. The lowest BCUT2D eigenvalue weighted by Gasteiger charge is -2.30. The molecule has 2 amide bonds. The average Bonchev–Trinajstić information content (AvgIpc) is 2.69. The first-order chi connectivity index (χ1) is 13.0. The highest BCUT2D eigenvalue weighted by atomic mass is 19.1. The summed E-state index contributed by atoms with van der Waals surface area (Å²) in [5, 5.41) is 2.84. The van der Waals surface area contributed by atoms with Crippen molar-refractivity contribution in [3.8, 4) is 5.88 Å². The summed E-state index contributed by atoms with van der Waals surface area (Å²) in [5.74, 6) is -1.30. The Labute approximate surface area is 155 Å². The molecule has 0 aliphatic carbocycles. The van der Waals surface area contributed by atoms with Crippen LogP contribution in [0, 0.1) is 18.7 Å². The lowest BCUT2D eigenvalue weighted by molar-refractivity contribution is -0.121. The van der Waals surface area contributed by atoms with E-state index in [4.69, 9.17) is 4.74 Å². The normalized spacial score (nSPS) is 14.7. The number of likely N-dealkylation sites (tertiary alicyclic amines) is 1. The van der Waals surface area contributed by atoms with Gasteiger partial charge in [0.25, 0.3) is 11.8 Å². The molecule has 0 spiro atoms. The fraction of sp³-hybridized carbons (Fsp3) is 0.389. The summed E-state index contributed by atoms with van der Waals surface area (Å²) in [5.41, 5.74) is 0.890. The van der Waals surface area contributed by atoms with Gasteiger partial charge in [0.1, 0.15) is 5.82 Å². The molecule has 9 heteroatoms. The number of carbonyl (C=O) groups is 2. The van der Waals surface area contributed by atoms with E-state index < -0.39 is 11.7 Å². The molecule has 27 heavy (non-hydrogen) atoms. The molecule has 0 radical (unpaired) electrons. The summed E-state index contributed by atoms with van der Waals surface area (Å²) < 4.78 is 18.2. The van der Waals surface area contributed by atoms with Crippen LogP contribution >= 0.6 is 0 Å². The largest absolute Gasteiger partial charge is 0.479 e. The Kier molecular flexibility index (Phi) is 5.58. The number of amides is 2. The van der Waals surface area contributed by atoms with Gasteiger partial charge >= 0.3 is 0 Å². The maximum Gasteiger partial charge on any atom is 0.291 e. The van der Waals surface area contributed by atoms with E-state index in [2.05, 4.69) is 20.3 Å². The second-order valence-electron chi connectivity index (χ2n) is 6.28. The van der Waals surface area contributed by atoms with Gasteiger partial charge in [0.05, 0.1) is 13.3 Å². The number of aromatic nitrogens is 3. The predicted molar refractivity (Wildman–Crippen MR) is 94.8 cm³/mol. The van der Waals surface area contributed by atoms with Crippen LogP contribution in [-0.2, 0) is 4.79 Å². The van der Waals surface area contributed by atoms with Gasteiger partial charge in [0, 0.05) is 25.2 Å². The zero-order valence-electron chi connectivity index (χ0n) is 15.1. The highest BCUT2D eigenvalue weighted by Gasteiger charge is 2.29. The maximum absolute atomic E-state index is 13.4. The molecule has 1 aliphatic heterocycles. The molecule has 1 aliphatic rings. The molecule has 0 unspecified atom stereocenters. The fourth-order valence-electron chi connectivity index (χ4n) is 2.92. The minimum Gasteiger partial charge on any atom is -0.479 e. The van der Waals surface area contributed by atoms with Gasteiger partial charge in [-0.2, -0.15) is 9.37 Å². The minimum absolute atomic E-state index is 0.108. The van der Waals surface area contributed by atoms with Crippen molar-refractivity contribution < 1.29 is 18.7 Å². The van der Waals surface area contributed by atoms with Crippen molar-refractivity contribution in [2.45, 2.75) is 19.8 Å². The second-order valence-corrected chi connectivity index (χ2v) is 6.28. The van der Waals surface area contributed by atoms with Gasteiger partial charge in [-0.3, -0.25) is 9.59 Å². The van der Waals surface area contributed by atoms with Crippen molar-refractivity contribution in [3.05, 3.63) is 41.7 Å². The van der Waals surface area contributed by atoms with Crippen molar-refractivity contribution in [3.63, 3.8) is 0 Å². The van der Waals surface area contributed by atoms with Crippen molar-refractivity contribution >= 4 is 17.6 Å². The molecule has 3 rings (SSSR count). The van der Waals surface area contributed by atoms with E-state index in [0.29, 0.717) is 31.7 Å². The van der Waals surface area contributed by atoms with E-state index in [1.165, 1.54) is 7.11 Å². The second kappa shape index (κ2) is 8.07. The number of hydrogen-bond acceptors (Lipinski definition) is 6. The van der Waals surface area contributed by atoms with E-state index in [1.807, 2.05) is 19.1 Å². The molecule has 2 aromatic rings. The van der Waals surface area contributed by atoms with Gasteiger partial charge in [0.15, 0.2) is 0 Å². The monoisotopic (exact) mass is 373 g/mol. The van der Waals surface area contributed by atoms with Crippen LogP contribution in [0.3, 0.4) is 0 Å². The number of methoxy groups -OCH3 is 1. The molecule has 3 heterocycles. The van der Waals surface area contributed by atoms with Gasteiger partial charge in [-0.1, -0.05) is 6.07 Å². The molecule has 8 nitrogen and oxygen atoms in total. The molecule has 1 fully saturated rings. The number of nitrogens with zero attached hydrogens (tertiary/aromatic N) is 4. The quantitative estimate of drug-likeness (QED) is 0.878. The molecular formula is C18H20FN5O3. The number of rotatable bonds is 4. The smallest absolute Gasteiger partial charge is 0.291 e. The van der Waals surface area contributed by atoms with Gasteiger partial charge in [0.2, 0.25) is 17.5 Å². The van der Waals surface area contributed by atoms with Crippen molar-refractivity contribution in [1.82, 2.24) is 19.9 Å². The first kappa shape index (κ1) is 18.7. The number of piperidine rings is 1. The van der Waals surface area contributed by atoms with Gasteiger partial charge in [-0.15, -0.1) is 0 Å². The average molecular weight is 373 g/mol. The van der Waals surface area contributed by atoms with E-state index in [1.54, 1.807) is 11.1 Å². The lowest BCUT2D eigenvalue weighted by Crippen LogP contribution is -2.42. The number of carbonyl (C=O) groups excluding carboxylic acids is 2. The summed E-state index contributed by atoms with van der Waals surface area (Å²) in [7, 11) is 1.27. The fourth-order valence-corrected chi connectivity index (χ4v) is 2.92. The number of aryl methyl sites for hydroxylation is 1. The molecule has 1 saturated heterocycles. The number of hydrogen-bond donors (Lipinski definition) is 1. The highest BCUT2D eigenvalue weighted by Crippen LogP contribution is 2.21. The van der Waals surface area contributed by atoms with Crippen LogP contribution < -0.4 is 10.1 Å². The Hall–Kier alpha value is -3.10. The third-order valence-electron chi connectivity index (χ3n) is 4.50. The molecule has 0 saturated carbocycles. The van der Waals surface area contributed by atoms with E-state index in [9.17, 15) is 14.0 Å². The number of nitrogens with one attached hydrogen (secondary N) is 1.